The van der Waals surface area contributed by atoms with Crippen LogP contribution in [-0.2, 0) is 4.74 Å². The molecule has 6 heteroatoms. The number of ether oxygens (including phenoxy) is 1. The molecule has 0 radical (unpaired) electrons. The minimum atomic E-state index is -4.07. The average Bonchev–Trinajstić information content (AvgIpc) is 2.10. The van der Waals surface area contributed by atoms with Gasteiger partial charge in [0.1, 0.15) is 6.61 Å². The van der Waals surface area contributed by atoms with Crippen LogP contribution in [0.25, 0.3) is 0 Å². The molecule has 0 saturated carbocycles. The van der Waals surface area contributed by atoms with E-state index >= 15 is 0 Å². The standard InChI is InChI=1S/C10H19F4NO/c1-7(5-15-9(2,3)4)16-6-10(13,14)8(11)12/h7-8,15H,5-6H2,1-4H3. The molecule has 0 aliphatic carbocycles. The van der Waals surface area contributed by atoms with Crippen molar-refractivity contribution in [1.29, 1.82) is 0 Å². The first-order valence-corrected chi connectivity index (χ1v) is 5.07. The van der Waals surface area contributed by atoms with E-state index < -0.39 is 25.1 Å². The van der Waals surface area contributed by atoms with Gasteiger partial charge in [-0.3, -0.25) is 0 Å². The smallest absolute Gasteiger partial charge is 0.330 e. The molecule has 0 spiro atoms. The van der Waals surface area contributed by atoms with E-state index in [4.69, 9.17) is 0 Å². The monoisotopic (exact) mass is 245 g/mol. The summed E-state index contributed by atoms with van der Waals surface area (Å²) in [5.41, 5.74) is -0.164. The summed E-state index contributed by atoms with van der Waals surface area (Å²) in [6.45, 7) is 6.37. The molecule has 0 aliphatic heterocycles. The Morgan fingerprint density at radius 1 is 1.19 bits per heavy atom. The molecule has 1 N–H and O–H groups in total. The summed E-state index contributed by atoms with van der Waals surface area (Å²) < 4.78 is 53.2. The van der Waals surface area contributed by atoms with Gasteiger partial charge in [-0.25, -0.2) is 8.78 Å². The Labute approximate surface area is 93.3 Å². The van der Waals surface area contributed by atoms with E-state index in [0.29, 0.717) is 6.54 Å². The highest BCUT2D eigenvalue weighted by atomic mass is 19.3. The molecule has 1 atom stereocenters. The highest BCUT2D eigenvalue weighted by molar-refractivity contribution is 4.73. The highest BCUT2D eigenvalue weighted by Gasteiger charge is 2.41. The van der Waals surface area contributed by atoms with E-state index in [9.17, 15) is 17.6 Å². The Hall–Kier alpha value is -0.360. The van der Waals surface area contributed by atoms with E-state index in [1.54, 1.807) is 6.92 Å². The van der Waals surface area contributed by atoms with Gasteiger partial charge < -0.3 is 10.1 Å². The normalized spacial score (nSPS) is 15.6. The van der Waals surface area contributed by atoms with E-state index in [2.05, 4.69) is 10.1 Å². The van der Waals surface area contributed by atoms with Crippen LogP contribution in [0.15, 0.2) is 0 Å². The van der Waals surface area contributed by atoms with Gasteiger partial charge in [0.05, 0.1) is 6.10 Å². The predicted molar refractivity (Wildman–Crippen MR) is 54.1 cm³/mol. The first-order valence-electron chi connectivity index (χ1n) is 5.07. The predicted octanol–water partition coefficient (Wildman–Crippen LogP) is 2.68. The molecule has 98 valence electrons. The summed E-state index contributed by atoms with van der Waals surface area (Å²) in [6.07, 6.45) is -4.22. The number of rotatable bonds is 6. The number of nitrogens with one attached hydrogen (secondary N) is 1. The molecule has 0 bridgehead atoms. The summed E-state index contributed by atoms with van der Waals surface area (Å²) in [7, 11) is 0. The second-order valence-corrected chi connectivity index (χ2v) is 4.81. The van der Waals surface area contributed by atoms with Crippen molar-refractivity contribution in [3.05, 3.63) is 0 Å². The third kappa shape index (κ3) is 7.00. The lowest BCUT2D eigenvalue weighted by Gasteiger charge is -2.24. The zero-order chi connectivity index (χ0) is 13.0. The van der Waals surface area contributed by atoms with Crippen LogP contribution in [0.1, 0.15) is 27.7 Å². The molecular formula is C10H19F4NO. The Bertz CT molecular complexity index is 203. The van der Waals surface area contributed by atoms with Crippen molar-refractivity contribution in [2.45, 2.75) is 51.7 Å². The van der Waals surface area contributed by atoms with Gasteiger partial charge >= 0.3 is 12.3 Å². The fraction of sp³-hybridized carbons (Fsp3) is 1.00. The fourth-order valence-electron chi connectivity index (χ4n) is 0.825. The van der Waals surface area contributed by atoms with Crippen LogP contribution in [0.5, 0.6) is 0 Å². The molecule has 0 aromatic rings. The fourth-order valence-corrected chi connectivity index (χ4v) is 0.825. The lowest BCUT2D eigenvalue weighted by Crippen LogP contribution is -2.42. The molecule has 16 heavy (non-hydrogen) atoms. The van der Waals surface area contributed by atoms with Gasteiger partial charge in [-0.2, -0.15) is 8.78 Å². The molecule has 1 unspecified atom stereocenters. The maximum absolute atomic E-state index is 12.5. The average molecular weight is 245 g/mol. The maximum atomic E-state index is 12.5. The van der Waals surface area contributed by atoms with Crippen molar-refractivity contribution in [1.82, 2.24) is 5.32 Å². The van der Waals surface area contributed by atoms with Crippen LogP contribution < -0.4 is 5.32 Å². The summed E-state index contributed by atoms with van der Waals surface area (Å²) >= 11 is 0. The van der Waals surface area contributed by atoms with Gasteiger partial charge in [0.25, 0.3) is 0 Å². The third-order valence-electron chi connectivity index (χ3n) is 1.80. The van der Waals surface area contributed by atoms with Crippen LogP contribution in [0.4, 0.5) is 17.6 Å². The maximum Gasteiger partial charge on any atom is 0.330 e. The van der Waals surface area contributed by atoms with Crippen LogP contribution in [0.2, 0.25) is 0 Å². The Morgan fingerprint density at radius 2 is 1.69 bits per heavy atom. The van der Waals surface area contributed by atoms with Gasteiger partial charge in [0.15, 0.2) is 0 Å². The zero-order valence-electron chi connectivity index (χ0n) is 9.99. The van der Waals surface area contributed by atoms with E-state index in [0.717, 1.165) is 0 Å². The van der Waals surface area contributed by atoms with E-state index in [-0.39, 0.29) is 5.54 Å². The van der Waals surface area contributed by atoms with Crippen molar-refractivity contribution in [3.63, 3.8) is 0 Å². The quantitative estimate of drug-likeness (QED) is 0.726. The van der Waals surface area contributed by atoms with Crippen LogP contribution >= 0.6 is 0 Å². The van der Waals surface area contributed by atoms with Crippen molar-refractivity contribution in [3.8, 4) is 0 Å². The third-order valence-corrected chi connectivity index (χ3v) is 1.80. The van der Waals surface area contributed by atoms with Crippen LogP contribution in [-0.4, -0.2) is 37.1 Å². The number of halogens is 4. The summed E-state index contributed by atoms with van der Waals surface area (Å²) in [5, 5.41) is 3.03. The van der Waals surface area contributed by atoms with Crippen LogP contribution in [0.3, 0.4) is 0 Å². The highest BCUT2D eigenvalue weighted by Crippen LogP contribution is 2.23. The minimum Gasteiger partial charge on any atom is -0.371 e. The number of hydrogen-bond donors (Lipinski definition) is 1. The SMILES string of the molecule is CC(CNC(C)(C)C)OCC(F)(F)C(F)F. The molecule has 0 amide bonds. The van der Waals surface area contributed by atoms with Gasteiger partial charge in [-0.05, 0) is 27.7 Å². The molecule has 0 aliphatic rings. The summed E-state index contributed by atoms with van der Waals surface area (Å²) in [6, 6.07) is 0. The second-order valence-electron chi connectivity index (χ2n) is 4.81. The lowest BCUT2D eigenvalue weighted by molar-refractivity contribution is -0.174. The van der Waals surface area contributed by atoms with Crippen molar-refractivity contribution >= 4 is 0 Å². The molecule has 0 aromatic heterocycles. The summed E-state index contributed by atoms with van der Waals surface area (Å²) in [5.74, 6) is -4.07. The molecular weight excluding hydrogens is 226 g/mol. The van der Waals surface area contributed by atoms with Gasteiger partial charge in [-0.1, -0.05) is 0 Å². The van der Waals surface area contributed by atoms with Gasteiger partial charge in [0.2, 0.25) is 0 Å². The second kappa shape index (κ2) is 5.82. The van der Waals surface area contributed by atoms with Crippen LogP contribution in [0, 0.1) is 0 Å². The molecule has 0 aromatic carbocycles. The summed E-state index contributed by atoms with van der Waals surface area (Å²) in [4.78, 5) is 0. The van der Waals surface area contributed by atoms with Crippen molar-refractivity contribution < 1.29 is 22.3 Å². The lowest BCUT2D eigenvalue weighted by atomic mass is 10.1. The molecule has 2 nitrogen and oxygen atoms in total. The molecule has 0 rings (SSSR count). The number of alkyl halides is 4. The van der Waals surface area contributed by atoms with E-state index in [1.807, 2.05) is 20.8 Å². The minimum absolute atomic E-state index is 0.164. The van der Waals surface area contributed by atoms with Gasteiger partial charge in [-0.15, -0.1) is 0 Å². The van der Waals surface area contributed by atoms with Crippen molar-refractivity contribution in [2.75, 3.05) is 13.2 Å². The molecule has 0 saturated heterocycles. The first-order chi connectivity index (χ1) is 7.04. The van der Waals surface area contributed by atoms with E-state index in [1.165, 1.54) is 0 Å². The van der Waals surface area contributed by atoms with Crippen molar-refractivity contribution in [2.24, 2.45) is 0 Å². The molecule has 0 fully saturated rings. The molecule has 0 heterocycles. The zero-order valence-corrected chi connectivity index (χ0v) is 9.99. The van der Waals surface area contributed by atoms with Gasteiger partial charge in [0, 0.05) is 12.1 Å². The number of hydrogen-bond acceptors (Lipinski definition) is 2. The largest absolute Gasteiger partial charge is 0.371 e. The first kappa shape index (κ1) is 15.6. The Kier molecular flexibility index (Phi) is 5.69. The Balaban J connectivity index is 3.86. The topological polar surface area (TPSA) is 21.3 Å². The Morgan fingerprint density at radius 3 is 2.06 bits per heavy atom.